The molecule has 0 saturated heterocycles. The van der Waals surface area contributed by atoms with Crippen LogP contribution in [0.3, 0.4) is 0 Å². The molecule has 0 unspecified atom stereocenters. The summed E-state index contributed by atoms with van der Waals surface area (Å²) in [5.74, 6) is -0.131. The number of anilines is 1. The summed E-state index contributed by atoms with van der Waals surface area (Å²) in [5, 5.41) is 10.9. The van der Waals surface area contributed by atoms with Gasteiger partial charge in [0.15, 0.2) is 5.17 Å². The number of benzene rings is 2. The highest BCUT2D eigenvalue weighted by Crippen LogP contribution is 2.33. The van der Waals surface area contributed by atoms with Crippen molar-refractivity contribution in [3.05, 3.63) is 63.0 Å². The number of phenols is 1. The molecule has 2 aromatic carbocycles. The summed E-state index contributed by atoms with van der Waals surface area (Å²) in [6.45, 7) is 0. The van der Waals surface area contributed by atoms with Crippen LogP contribution in [-0.2, 0) is 4.79 Å². The van der Waals surface area contributed by atoms with Gasteiger partial charge in [-0.1, -0.05) is 29.3 Å². The van der Waals surface area contributed by atoms with Gasteiger partial charge in [-0.05, 0) is 59.8 Å². The van der Waals surface area contributed by atoms with Gasteiger partial charge >= 0.3 is 0 Å². The Kier molecular flexibility index (Phi) is 4.85. The standard InChI is InChI=1S/C17H12Cl2N2O2S/c1-21(12-4-6-13(22)7-5-12)17-20-16(23)15(24-17)8-10-2-3-11(18)9-14(10)19/h2-9,22H,1H3/b15-8-. The van der Waals surface area contributed by atoms with E-state index in [1.807, 2.05) is 7.05 Å². The highest BCUT2D eigenvalue weighted by molar-refractivity contribution is 8.18. The first-order valence-electron chi connectivity index (χ1n) is 6.94. The van der Waals surface area contributed by atoms with Gasteiger partial charge < -0.3 is 10.0 Å². The van der Waals surface area contributed by atoms with Gasteiger partial charge in [-0.3, -0.25) is 4.79 Å². The van der Waals surface area contributed by atoms with Gasteiger partial charge in [-0.25, -0.2) is 0 Å². The zero-order valence-corrected chi connectivity index (χ0v) is 14.9. The summed E-state index contributed by atoms with van der Waals surface area (Å²) in [6.07, 6.45) is 1.70. The molecule has 0 aromatic heterocycles. The Bertz CT molecular complexity index is 863. The van der Waals surface area contributed by atoms with E-state index >= 15 is 0 Å². The Hall–Kier alpha value is -1.95. The molecular weight excluding hydrogens is 367 g/mol. The zero-order valence-electron chi connectivity index (χ0n) is 12.5. The fourth-order valence-electron chi connectivity index (χ4n) is 2.09. The van der Waals surface area contributed by atoms with E-state index in [0.29, 0.717) is 25.7 Å². The van der Waals surface area contributed by atoms with E-state index in [2.05, 4.69) is 4.99 Å². The third-order valence-corrected chi connectivity index (χ3v) is 5.00. The van der Waals surface area contributed by atoms with Gasteiger partial charge in [0.25, 0.3) is 5.91 Å². The molecule has 2 aromatic rings. The molecule has 122 valence electrons. The van der Waals surface area contributed by atoms with Gasteiger partial charge in [0.05, 0.1) is 4.91 Å². The molecule has 1 N–H and O–H groups in total. The number of hydrogen-bond acceptors (Lipinski definition) is 4. The summed E-state index contributed by atoms with van der Waals surface area (Å²) < 4.78 is 0. The molecular formula is C17H12Cl2N2O2S. The summed E-state index contributed by atoms with van der Waals surface area (Å²) in [5.41, 5.74) is 1.53. The van der Waals surface area contributed by atoms with Crippen molar-refractivity contribution in [1.82, 2.24) is 0 Å². The molecule has 1 aliphatic rings. The molecule has 1 heterocycles. The number of thioether (sulfide) groups is 1. The lowest BCUT2D eigenvalue weighted by Gasteiger charge is -2.17. The van der Waals surface area contributed by atoms with E-state index in [1.165, 1.54) is 11.8 Å². The summed E-state index contributed by atoms with van der Waals surface area (Å²) in [7, 11) is 1.81. The van der Waals surface area contributed by atoms with Crippen LogP contribution in [-0.4, -0.2) is 23.2 Å². The van der Waals surface area contributed by atoms with Crippen molar-refractivity contribution in [2.24, 2.45) is 4.99 Å². The van der Waals surface area contributed by atoms with Crippen molar-refractivity contribution >= 4 is 57.8 Å². The van der Waals surface area contributed by atoms with Crippen LogP contribution in [0.5, 0.6) is 5.75 Å². The van der Waals surface area contributed by atoms with Gasteiger partial charge in [-0.2, -0.15) is 4.99 Å². The van der Waals surface area contributed by atoms with Gasteiger partial charge in [0.2, 0.25) is 0 Å². The van der Waals surface area contributed by atoms with E-state index < -0.39 is 0 Å². The molecule has 0 atom stereocenters. The minimum absolute atomic E-state index is 0.183. The fraction of sp³-hybridized carbons (Fsp3) is 0.0588. The lowest BCUT2D eigenvalue weighted by molar-refractivity contribution is -0.113. The Morgan fingerprint density at radius 2 is 1.88 bits per heavy atom. The second-order valence-electron chi connectivity index (χ2n) is 5.05. The molecule has 4 nitrogen and oxygen atoms in total. The maximum absolute atomic E-state index is 12.1. The Balaban J connectivity index is 1.83. The van der Waals surface area contributed by atoms with Crippen molar-refractivity contribution in [1.29, 1.82) is 0 Å². The predicted octanol–water partition coefficient (Wildman–Crippen LogP) is 4.81. The van der Waals surface area contributed by atoms with Crippen molar-refractivity contribution in [2.45, 2.75) is 0 Å². The molecule has 7 heteroatoms. The maximum atomic E-state index is 12.1. The Morgan fingerprint density at radius 1 is 1.17 bits per heavy atom. The van der Waals surface area contributed by atoms with Crippen molar-refractivity contribution in [2.75, 3.05) is 11.9 Å². The molecule has 1 amide bonds. The highest BCUT2D eigenvalue weighted by atomic mass is 35.5. The monoisotopic (exact) mass is 378 g/mol. The number of aliphatic imine (C=N–C) groups is 1. The smallest absolute Gasteiger partial charge is 0.286 e. The summed E-state index contributed by atoms with van der Waals surface area (Å²) in [4.78, 5) is 18.5. The van der Waals surface area contributed by atoms with Crippen molar-refractivity contribution < 1.29 is 9.90 Å². The first-order chi connectivity index (χ1) is 11.4. The average molecular weight is 379 g/mol. The topological polar surface area (TPSA) is 52.9 Å². The molecule has 0 fully saturated rings. The minimum Gasteiger partial charge on any atom is -0.508 e. The molecule has 0 radical (unpaired) electrons. The predicted molar refractivity (Wildman–Crippen MR) is 101 cm³/mol. The normalized spacial score (nSPS) is 15.7. The Labute approximate surface area is 153 Å². The first-order valence-corrected chi connectivity index (χ1v) is 8.51. The number of rotatable bonds is 2. The lowest BCUT2D eigenvalue weighted by Crippen LogP contribution is -2.21. The second kappa shape index (κ2) is 6.89. The molecule has 0 saturated carbocycles. The van der Waals surface area contributed by atoms with Gasteiger partial charge in [0.1, 0.15) is 5.75 Å². The lowest BCUT2D eigenvalue weighted by atomic mass is 10.2. The van der Waals surface area contributed by atoms with Gasteiger partial charge in [0, 0.05) is 22.8 Å². The van der Waals surface area contributed by atoms with E-state index in [9.17, 15) is 9.90 Å². The second-order valence-corrected chi connectivity index (χ2v) is 6.90. The molecule has 24 heavy (non-hydrogen) atoms. The number of amidine groups is 1. The van der Waals surface area contributed by atoms with Crippen LogP contribution in [0, 0.1) is 0 Å². The zero-order chi connectivity index (χ0) is 17.3. The molecule has 1 aliphatic heterocycles. The number of nitrogens with zero attached hydrogens (tertiary/aromatic N) is 2. The number of aromatic hydroxyl groups is 1. The molecule has 3 rings (SSSR count). The molecule has 0 bridgehead atoms. The van der Waals surface area contributed by atoms with Crippen molar-refractivity contribution in [3.63, 3.8) is 0 Å². The average Bonchev–Trinajstić information content (AvgIpc) is 2.91. The number of phenolic OH excluding ortho intramolecular Hbond substituents is 1. The third-order valence-electron chi connectivity index (χ3n) is 3.38. The minimum atomic E-state index is -0.313. The maximum Gasteiger partial charge on any atom is 0.286 e. The number of hydrogen-bond donors (Lipinski definition) is 1. The van der Waals surface area contributed by atoms with Crippen LogP contribution in [0.2, 0.25) is 10.0 Å². The number of carbonyl (C=O) groups is 1. The number of amides is 1. The molecule has 0 spiro atoms. The highest BCUT2D eigenvalue weighted by Gasteiger charge is 2.25. The largest absolute Gasteiger partial charge is 0.508 e. The quantitative estimate of drug-likeness (QED) is 0.762. The number of carbonyl (C=O) groups excluding carboxylic acids is 1. The van der Waals surface area contributed by atoms with Crippen LogP contribution >= 0.6 is 35.0 Å². The SMILES string of the molecule is CN(C1=NC(=O)/C(=C/c2ccc(Cl)cc2Cl)S1)c1ccc(O)cc1. The Morgan fingerprint density at radius 3 is 2.54 bits per heavy atom. The third kappa shape index (κ3) is 3.59. The summed E-state index contributed by atoms with van der Waals surface area (Å²) >= 11 is 13.3. The van der Waals surface area contributed by atoms with Gasteiger partial charge in [-0.15, -0.1) is 0 Å². The van der Waals surface area contributed by atoms with E-state index in [4.69, 9.17) is 23.2 Å². The van der Waals surface area contributed by atoms with Crippen LogP contribution in [0.4, 0.5) is 5.69 Å². The van der Waals surface area contributed by atoms with Crippen LogP contribution < -0.4 is 4.90 Å². The number of halogens is 2. The van der Waals surface area contributed by atoms with E-state index in [-0.39, 0.29) is 11.7 Å². The molecule has 0 aliphatic carbocycles. The van der Waals surface area contributed by atoms with E-state index in [0.717, 1.165) is 5.69 Å². The van der Waals surface area contributed by atoms with Crippen molar-refractivity contribution in [3.8, 4) is 5.75 Å². The fourth-order valence-corrected chi connectivity index (χ4v) is 3.44. The summed E-state index contributed by atoms with van der Waals surface area (Å²) in [6, 6.07) is 11.8. The van der Waals surface area contributed by atoms with Crippen LogP contribution in [0.1, 0.15) is 5.56 Å². The van der Waals surface area contributed by atoms with Crippen LogP contribution in [0.25, 0.3) is 6.08 Å². The van der Waals surface area contributed by atoms with E-state index in [1.54, 1.807) is 53.4 Å². The first kappa shape index (κ1) is 16.9. The van der Waals surface area contributed by atoms with Crippen LogP contribution in [0.15, 0.2) is 52.4 Å².